The Bertz CT molecular complexity index is 645. The smallest absolute Gasteiger partial charge is 0.202 e. The maximum atomic E-state index is 6.09. The summed E-state index contributed by atoms with van der Waals surface area (Å²) in [5, 5.41) is 0. The maximum Gasteiger partial charge on any atom is 0.202 e. The Kier molecular flexibility index (Phi) is 3.23. The lowest BCUT2D eigenvalue weighted by Crippen LogP contribution is -2.23. The van der Waals surface area contributed by atoms with Gasteiger partial charge in [0.15, 0.2) is 0 Å². The fourth-order valence-corrected chi connectivity index (χ4v) is 2.63. The van der Waals surface area contributed by atoms with Gasteiger partial charge in [-0.05, 0) is 32.4 Å². The van der Waals surface area contributed by atoms with Crippen LogP contribution in [0.25, 0.3) is 0 Å². The first kappa shape index (κ1) is 12.8. The van der Waals surface area contributed by atoms with Gasteiger partial charge in [0.25, 0.3) is 0 Å². The normalized spacial score (nSPS) is 18.4. The Hall–Kier alpha value is -2.22. The third kappa shape index (κ3) is 2.07. The highest BCUT2D eigenvalue weighted by molar-refractivity contribution is 5.60. The van der Waals surface area contributed by atoms with Gasteiger partial charge >= 0.3 is 0 Å². The zero-order valence-corrected chi connectivity index (χ0v) is 12.1. The molecule has 1 aliphatic heterocycles. The number of allylic oxidation sites excluding steroid dienone is 2. The molecule has 20 heavy (non-hydrogen) atoms. The maximum absolute atomic E-state index is 6.09. The van der Waals surface area contributed by atoms with Crippen LogP contribution in [0.4, 0.5) is 5.69 Å². The van der Waals surface area contributed by atoms with Gasteiger partial charge in [-0.1, -0.05) is 48.5 Å². The lowest BCUT2D eigenvalue weighted by Gasteiger charge is -2.28. The molecule has 2 nitrogen and oxygen atoms in total. The second-order valence-corrected chi connectivity index (χ2v) is 5.18. The molecule has 2 heteroatoms. The Morgan fingerprint density at radius 1 is 0.850 bits per heavy atom. The fourth-order valence-electron chi connectivity index (χ4n) is 2.63. The number of aryl methyl sites for hydroxylation is 1. The highest BCUT2D eigenvalue weighted by Crippen LogP contribution is 2.40. The van der Waals surface area contributed by atoms with Gasteiger partial charge in [0, 0.05) is 11.3 Å². The van der Waals surface area contributed by atoms with E-state index in [-0.39, 0.29) is 6.23 Å². The molecule has 0 aromatic heterocycles. The van der Waals surface area contributed by atoms with E-state index in [1.165, 1.54) is 22.5 Å². The van der Waals surface area contributed by atoms with E-state index in [4.69, 9.17) is 4.74 Å². The Morgan fingerprint density at radius 2 is 1.50 bits per heavy atom. The number of ether oxygens (including phenoxy) is 1. The molecule has 0 spiro atoms. The molecule has 0 radical (unpaired) electrons. The number of hydrogen-bond donors (Lipinski definition) is 0. The highest BCUT2D eigenvalue weighted by atomic mass is 16.5. The summed E-state index contributed by atoms with van der Waals surface area (Å²) in [5.74, 6) is 0.988. The largest absolute Gasteiger partial charge is 0.469 e. The summed E-state index contributed by atoms with van der Waals surface area (Å²) in [6.07, 6.45) is -0.0719. The predicted octanol–water partition coefficient (Wildman–Crippen LogP) is 4.78. The van der Waals surface area contributed by atoms with Crippen molar-refractivity contribution in [1.82, 2.24) is 0 Å². The molecule has 0 saturated carbocycles. The SMILES string of the molecule is CC1=C(C)N(c2ccccc2C)C(c2ccccc2)O1. The summed E-state index contributed by atoms with van der Waals surface area (Å²) in [6, 6.07) is 18.8. The molecule has 2 aromatic carbocycles. The quantitative estimate of drug-likeness (QED) is 0.774. The average Bonchev–Trinajstić information content (AvgIpc) is 2.77. The van der Waals surface area contributed by atoms with Crippen LogP contribution in [0.3, 0.4) is 0 Å². The summed E-state index contributed by atoms with van der Waals surface area (Å²) in [5.41, 5.74) is 4.81. The van der Waals surface area contributed by atoms with E-state index in [1.807, 2.05) is 13.0 Å². The van der Waals surface area contributed by atoms with E-state index in [2.05, 4.69) is 67.3 Å². The highest BCUT2D eigenvalue weighted by Gasteiger charge is 2.32. The molecule has 0 N–H and O–H groups in total. The molecule has 1 aliphatic rings. The van der Waals surface area contributed by atoms with Gasteiger partial charge in [0.1, 0.15) is 5.76 Å². The van der Waals surface area contributed by atoms with E-state index in [1.54, 1.807) is 0 Å². The summed E-state index contributed by atoms with van der Waals surface area (Å²) in [4.78, 5) is 2.28. The molecule has 2 aromatic rings. The van der Waals surface area contributed by atoms with E-state index in [0.29, 0.717) is 0 Å². The van der Waals surface area contributed by atoms with E-state index < -0.39 is 0 Å². The molecular formula is C18H19NO. The minimum absolute atomic E-state index is 0.0719. The monoisotopic (exact) mass is 265 g/mol. The van der Waals surface area contributed by atoms with Crippen LogP contribution in [-0.4, -0.2) is 0 Å². The van der Waals surface area contributed by atoms with Crippen molar-refractivity contribution in [3.8, 4) is 0 Å². The van der Waals surface area contributed by atoms with Crippen molar-refractivity contribution in [1.29, 1.82) is 0 Å². The van der Waals surface area contributed by atoms with Crippen LogP contribution in [0.5, 0.6) is 0 Å². The minimum atomic E-state index is -0.0719. The van der Waals surface area contributed by atoms with Gasteiger partial charge in [-0.3, -0.25) is 0 Å². The van der Waals surface area contributed by atoms with Crippen LogP contribution >= 0.6 is 0 Å². The first-order chi connectivity index (χ1) is 9.68. The van der Waals surface area contributed by atoms with Crippen LogP contribution < -0.4 is 4.90 Å². The number of hydrogen-bond acceptors (Lipinski definition) is 2. The van der Waals surface area contributed by atoms with Crippen LogP contribution in [0, 0.1) is 6.92 Å². The first-order valence-electron chi connectivity index (χ1n) is 6.92. The molecular weight excluding hydrogens is 246 g/mol. The third-order valence-electron chi connectivity index (χ3n) is 3.85. The molecule has 0 fully saturated rings. The van der Waals surface area contributed by atoms with Crippen LogP contribution in [0.15, 0.2) is 66.1 Å². The van der Waals surface area contributed by atoms with Crippen molar-refractivity contribution in [2.45, 2.75) is 27.0 Å². The Morgan fingerprint density at radius 3 is 2.20 bits per heavy atom. The zero-order chi connectivity index (χ0) is 14.1. The van der Waals surface area contributed by atoms with E-state index in [0.717, 1.165) is 5.76 Å². The summed E-state index contributed by atoms with van der Waals surface area (Å²) in [7, 11) is 0. The number of anilines is 1. The van der Waals surface area contributed by atoms with Gasteiger partial charge in [-0.2, -0.15) is 0 Å². The zero-order valence-electron chi connectivity index (χ0n) is 12.1. The summed E-state index contributed by atoms with van der Waals surface area (Å²) < 4.78 is 6.09. The van der Waals surface area contributed by atoms with Crippen molar-refractivity contribution < 1.29 is 4.74 Å². The predicted molar refractivity (Wildman–Crippen MR) is 82.3 cm³/mol. The van der Waals surface area contributed by atoms with Crippen molar-refractivity contribution in [2.75, 3.05) is 4.90 Å². The second kappa shape index (κ2) is 5.04. The first-order valence-corrected chi connectivity index (χ1v) is 6.92. The van der Waals surface area contributed by atoms with E-state index in [9.17, 15) is 0 Å². The molecule has 1 atom stereocenters. The van der Waals surface area contributed by atoms with Crippen molar-refractivity contribution in [3.63, 3.8) is 0 Å². The van der Waals surface area contributed by atoms with Gasteiger partial charge in [-0.15, -0.1) is 0 Å². The van der Waals surface area contributed by atoms with Crippen molar-refractivity contribution in [2.24, 2.45) is 0 Å². The molecule has 1 unspecified atom stereocenters. The Balaban J connectivity index is 2.07. The standard InChI is InChI=1S/C18H19NO/c1-13-9-7-8-12-17(13)19-14(2)15(3)20-18(19)16-10-5-4-6-11-16/h4-12,18H,1-3H3. The lowest BCUT2D eigenvalue weighted by molar-refractivity contribution is 0.148. The number of para-hydroxylation sites is 1. The van der Waals surface area contributed by atoms with Gasteiger partial charge in [-0.25, -0.2) is 0 Å². The summed E-state index contributed by atoms with van der Waals surface area (Å²) in [6.45, 7) is 6.28. The third-order valence-corrected chi connectivity index (χ3v) is 3.85. The van der Waals surface area contributed by atoms with Crippen LogP contribution in [-0.2, 0) is 4.74 Å². The van der Waals surface area contributed by atoms with Crippen LogP contribution in [0.1, 0.15) is 31.2 Å². The van der Waals surface area contributed by atoms with Gasteiger partial charge < -0.3 is 9.64 Å². The molecule has 1 heterocycles. The molecule has 0 aliphatic carbocycles. The molecule has 102 valence electrons. The van der Waals surface area contributed by atoms with E-state index >= 15 is 0 Å². The topological polar surface area (TPSA) is 12.5 Å². The van der Waals surface area contributed by atoms with Gasteiger partial charge in [0.2, 0.25) is 6.23 Å². The average molecular weight is 265 g/mol. The lowest BCUT2D eigenvalue weighted by atomic mass is 10.1. The van der Waals surface area contributed by atoms with Gasteiger partial charge in [0.05, 0.1) is 5.70 Å². The van der Waals surface area contributed by atoms with Crippen molar-refractivity contribution >= 4 is 5.69 Å². The number of nitrogens with zero attached hydrogens (tertiary/aromatic N) is 1. The van der Waals surface area contributed by atoms with Crippen molar-refractivity contribution in [3.05, 3.63) is 77.2 Å². The second-order valence-electron chi connectivity index (χ2n) is 5.18. The van der Waals surface area contributed by atoms with Crippen LogP contribution in [0.2, 0.25) is 0 Å². The Labute approximate surface area is 120 Å². The molecule has 0 bridgehead atoms. The summed E-state index contributed by atoms with van der Waals surface area (Å²) >= 11 is 0. The molecule has 0 saturated heterocycles. The number of benzene rings is 2. The molecule has 0 amide bonds. The molecule has 3 rings (SSSR count). The number of rotatable bonds is 2. The minimum Gasteiger partial charge on any atom is -0.469 e. The fraction of sp³-hybridized carbons (Fsp3) is 0.222.